The summed E-state index contributed by atoms with van der Waals surface area (Å²) in [6.45, 7) is 7.34. The van der Waals surface area contributed by atoms with E-state index in [0.29, 0.717) is 6.54 Å². The predicted molar refractivity (Wildman–Crippen MR) is 81.2 cm³/mol. The van der Waals surface area contributed by atoms with Crippen molar-refractivity contribution in [2.75, 3.05) is 18.5 Å². The van der Waals surface area contributed by atoms with Gasteiger partial charge >= 0.3 is 0 Å². The Morgan fingerprint density at radius 2 is 2.00 bits per heavy atom. The van der Waals surface area contributed by atoms with Gasteiger partial charge in [0.25, 0.3) is 0 Å². The Morgan fingerprint density at radius 1 is 1.28 bits per heavy atom. The molecule has 0 saturated carbocycles. The summed E-state index contributed by atoms with van der Waals surface area (Å²) in [6, 6.07) is 8.65. The van der Waals surface area contributed by atoms with Gasteiger partial charge in [-0.25, -0.2) is 0 Å². The lowest BCUT2D eigenvalue weighted by Gasteiger charge is -2.40. The highest BCUT2D eigenvalue weighted by molar-refractivity contribution is 5.50. The molecule has 1 unspecified atom stereocenters. The molecule has 0 amide bonds. The molecule has 0 fully saturated rings. The molecule has 0 aliphatic rings. The minimum Gasteiger partial charge on any atom is -0.368 e. The molecule has 1 aromatic rings. The maximum absolute atomic E-state index is 6.02. The Morgan fingerprint density at radius 3 is 2.56 bits per heavy atom. The SMILES string of the molecule is CCCCCC(C)(CN)N(C)c1cccc(C)c1. The number of hydrogen-bond acceptors (Lipinski definition) is 2. The second-order valence-electron chi connectivity index (χ2n) is 5.56. The van der Waals surface area contributed by atoms with Crippen LogP contribution in [0.1, 0.15) is 45.1 Å². The third kappa shape index (κ3) is 3.74. The van der Waals surface area contributed by atoms with E-state index < -0.39 is 0 Å². The van der Waals surface area contributed by atoms with Crippen LogP contribution in [0.3, 0.4) is 0 Å². The second kappa shape index (κ2) is 6.79. The summed E-state index contributed by atoms with van der Waals surface area (Å²) in [5.74, 6) is 0. The zero-order valence-corrected chi connectivity index (χ0v) is 12.4. The predicted octanol–water partition coefficient (Wildman–Crippen LogP) is 3.73. The Hall–Kier alpha value is -1.02. The van der Waals surface area contributed by atoms with E-state index in [2.05, 4.69) is 57.0 Å². The van der Waals surface area contributed by atoms with Crippen molar-refractivity contribution >= 4 is 5.69 Å². The third-order valence-electron chi connectivity index (χ3n) is 3.96. The maximum Gasteiger partial charge on any atom is 0.0492 e. The van der Waals surface area contributed by atoms with Gasteiger partial charge < -0.3 is 10.6 Å². The van der Waals surface area contributed by atoms with E-state index in [4.69, 9.17) is 5.73 Å². The molecule has 2 N–H and O–H groups in total. The van der Waals surface area contributed by atoms with Crippen molar-refractivity contribution in [1.29, 1.82) is 0 Å². The minimum absolute atomic E-state index is 0.0585. The van der Waals surface area contributed by atoms with Gasteiger partial charge in [-0.15, -0.1) is 0 Å². The second-order valence-corrected chi connectivity index (χ2v) is 5.56. The van der Waals surface area contributed by atoms with Crippen LogP contribution >= 0.6 is 0 Å². The molecule has 2 heteroatoms. The van der Waals surface area contributed by atoms with Gasteiger partial charge in [-0.05, 0) is 38.0 Å². The summed E-state index contributed by atoms with van der Waals surface area (Å²) in [7, 11) is 2.16. The quantitative estimate of drug-likeness (QED) is 0.745. The molecule has 0 aromatic heterocycles. The van der Waals surface area contributed by atoms with Crippen molar-refractivity contribution in [3.63, 3.8) is 0 Å². The molecule has 0 bridgehead atoms. The molecular formula is C16H28N2. The summed E-state index contributed by atoms with van der Waals surface area (Å²) in [5.41, 5.74) is 8.64. The molecule has 0 aliphatic heterocycles. The highest BCUT2D eigenvalue weighted by atomic mass is 15.2. The Balaban J connectivity index is 2.80. The normalized spacial score (nSPS) is 14.3. The fraction of sp³-hybridized carbons (Fsp3) is 0.625. The molecule has 1 atom stereocenters. The fourth-order valence-corrected chi connectivity index (χ4v) is 2.31. The highest BCUT2D eigenvalue weighted by Crippen LogP contribution is 2.27. The first-order valence-corrected chi connectivity index (χ1v) is 7.04. The number of nitrogens with zero attached hydrogens (tertiary/aromatic N) is 1. The van der Waals surface area contributed by atoms with Gasteiger partial charge in [0.15, 0.2) is 0 Å². The van der Waals surface area contributed by atoms with Crippen molar-refractivity contribution in [2.24, 2.45) is 5.73 Å². The zero-order chi connectivity index (χ0) is 13.6. The van der Waals surface area contributed by atoms with Crippen molar-refractivity contribution in [1.82, 2.24) is 0 Å². The number of hydrogen-bond donors (Lipinski definition) is 1. The molecule has 18 heavy (non-hydrogen) atoms. The first-order valence-electron chi connectivity index (χ1n) is 7.04. The summed E-state index contributed by atoms with van der Waals surface area (Å²) in [4.78, 5) is 2.34. The summed E-state index contributed by atoms with van der Waals surface area (Å²) in [6.07, 6.45) is 4.95. The number of rotatable bonds is 7. The molecule has 1 rings (SSSR count). The Kier molecular flexibility index (Phi) is 5.67. The first-order chi connectivity index (χ1) is 8.53. The number of likely N-dealkylation sites (N-methyl/N-ethyl adjacent to an activating group) is 1. The van der Waals surface area contributed by atoms with Gasteiger partial charge in [0.05, 0.1) is 0 Å². The van der Waals surface area contributed by atoms with E-state index in [-0.39, 0.29) is 5.54 Å². The van der Waals surface area contributed by atoms with Crippen LogP contribution in [0.5, 0.6) is 0 Å². The van der Waals surface area contributed by atoms with Gasteiger partial charge in [-0.3, -0.25) is 0 Å². The van der Waals surface area contributed by atoms with Crippen LogP contribution < -0.4 is 10.6 Å². The third-order valence-corrected chi connectivity index (χ3v) is 3.96. The van der Waals surface area contributed by atoms with Crippen LogP contribution in [0.2, 0.25) is 0 Å². The number of nitrogens with two attached hydrogens (primary N) is 1. The van der Waals surface area contributed by atoms with Gasteiger partial charge in [0.2, 0.25) is 0 Å². The topological polar surface area (TPSA) is 29.3 Å². The lowest BCUT2D eigenvalue weighted by molar-refractivity contribution is 0.400. The van der Waals surface area contributed by atoms with E-state index in [1.807, 2.05) is 0 Å². The average Bonchev–Trinajstić information content (AvgIpc) is 2.38. The molecule has 102 valence electrons. The summed E-state index contributed by atoms with van der Waals surface area (Å²) in [5, 5.41) is 0. The van der Waals surface area contributed by atoms with Crippen LogP contribution in [-0.2, 0) is 0 Å². The van der Waals surface area contributed by atoms with Crippen LogP contribution in [0.25, 0.3) is 0 Å². The van der Waals surface area contributed by atoms with E-state index in [0.717, 1.165) is 6.42 Å². The molecule has 0 radical (unpaired) electrons. The number of unbranched alkanes of at least 4 members (excludes halogenated alkanes) is 2. The van der Waals surface area contributed by atoms with E-state index >= 15 is 0 Å². The Labute approximate surface area is 112 Å². The van der Waals surface area contributed by atoms with Crippen LogP contribution in [0.4, 0.5) is 5.69 Å². The first kappa shape index (κ1) is 15.0. The monoisotopic (exact) mass is 248 g/mol. The van der Waals surface area contributed by atoms with Crippen molar-refractivity contribution in [2.45, 2.75) is 52.0 Å². The summed E-state index contributed by atoms with van der Waals surface area (Å²) < 4.78 is 0. The highest BCUT2D eigenvalue weighted by Gasteiger charge is 2.27. The molecule has 0 saturated heterocycles. The standard InChI is InChI=1S/C16H28N2/c1-5-6-7-11-16(3,13-17)18(4)15-10-8-9-14(2)12-15/h8-10,12H,5-7,11,13,17H2,1-4H3. The van der Waals surface area contributed by atoms with Gasteiger partial charge in [0, 0.05) is 24.8 Å². The minimum atomic E-state index is 0.0585. The molecule has 1 aromatic carbocycles. The maximum atomic E-state index is 6.02. The molecule has 2 nitrogen and oxygen atoms in total. The number of aryl methyl sites for hydroxylation is 1. The van der Waals surface area contributed by atoms with Gasteiger partial charge in [-0.1, -0.05) is 38.3 Å². The fourth-order valence-electron chi connectivity index (χ4n) is 2.31. The number of anilines is 1. The summed E-state index contributed by atoms with van der Waals surface area (Å²) >= 11 is 0. The molecule has 0 aliphatic carbocycles. The van der Waals surface area contributed by atoms with Gasteiger partial charge in [0.1, 0.15) is 0 Å². The van der Waals surface area contributed by atoms with E-state index in [1.54, 1.807) is 0 Å². The lowest BCUT2D eigenvalue weighted by Crippen LogP contribution is -2.50. The molecule has 0 spiro atoms. The largest absolute Gasteiger partial charge is 0.368 e. The molecular weight excluding hydrogens is 220 g/mol. The Bertz CT molecular complexity index is 362. The van der Waals surface area contributed by atoms with E-state index in [1.165, 1.54) is 30.5 Å². The smallest absolute Gasteiger partial charge is 0.0492 e. The van der Waals surface area contributed by atoms with Gasteiger partial charge in [-0.2, -0.15) is 0 Å². The number of benzene rings is 1. The zero-order valence-electron chi connectivity index (χ0n) is 12.4. The van der Waals surface area contributed by atoms with E-state index in [9.17, 15) is 0 Å². The van der Waals surface area contributed by atoms with Crippen LogP contribution in [-0.4, -0.2) is 19.1 Å². The van der Waals surface area contributed by atoms with Crippen molar-refractivity contribution in [3.05, 3.63) is 29.8 Å². The molecule has 0 heterocycles. The van der Waals surface area contributed by atoms with Crippen molar-refractivity contribution in [3.8, 4) is 0 Å². The lowest BCUT2D eigenvalue weighted by atomic mass is 9.92. The van der Waals surface area contributed by atoms with Crippen LogP contribution in [0.15, 0.2) is 24.3 Å². The van der Waals surface area contributed by atoms with Crippen molar-refractivity contribution < 1.29 is 0 Å². The van der Waals surface area contributed by atoms with Crippen LogP contribution in [0, 0.1) is 6.92 Å². The average molecular weight is 248 g/mol.